The lowest BCUT2D eigenvalue weighted by Crippen LogP contribution is -2.12. The van der Waals surface area contributed by atoms with Crippen molar-refractivity contribution in [2.45, 2.75) is 10.9 Å². The van der Waals surface area contributed by atoms with Gasteiger partial charge in [0.2, 0.25) is 0 Å². The molecular formula is C13H8N4O2S3. The monoisotopic (exact) mass is 348 g/mol. The molecule has 4 heterocycles. The van der Waals surface area contributed by atoms with Crippen LogP contribution in [0.3, 0.4) is 0 Å². The molecule has 0 fully saturated rings. The van der Waals surface area contributed by atoms with Gasteiger partial charge in [0.1, 0.15) is 4.83 Å². The molecule has 4 aromatic heterocycles. The molecule has 1 N–H and O–H groups in total. The Balaban J connectivity index is 1.64. The number of hydrogen-bond donors (Lipinski definition) is 1. The molecule has 22 heavy (non-hydrogen) atoms. The summed E-state index contributed by atoms with van der Waals surface area (Å²) in [5, 5.41) is 4.80. The highest BCUT2D eigenvalue weighted by molar-refractivity contribution is 7.98. The molecule has 0 aliphatic heterocycles. The van der Waals surface area contributed by atoms with E-state index in [4.69, 9.17) is 0 Å². The van der Waals surface area contributed by atoms with Crippen molar-refractivity contribution in [3.8, 4) is 0 Å². The molecule has 6 nitrogen and oxygen atoms in total. The van der Waals surface area contributed by atoms with Crippen LogP contribution in [0.25, 0.3) is 15.2 Å². The fourth-order valence-electron chi connectivity index (χ4n) is 2.02. The van der Waals surface area contributed by atoms with Crippen LogP contribution in [0.5, 0.6) is 0 Å². The van der Waals surface area contributed by atoms with E-state index in [0.29, 0.717) is 31.8 Å². The SMILES string of the molecule is O=c1[nH]c(SCc2cc(=O)n3ccsc3n2)nc2sccc12. The summed E-state index contributed by atoms with van der Waals surface area (Å²) in [5.41, 5.74) is 0.430. The Kier molecular flexibility index (Phi) is 3.32. The maximum atomic E-state index is 11.9. The van der Waals surface area contributed by atoms with Crippen LogP contribution in [-0.2, 0) is 5.75 Å². The molecule has 0 aromatic carbocycles. The second-order valence-electron chi connectivity index (χ2n) is 4.44. The molecule has 0 amide bonds. The van der Waals surface area contributed by atoms with Gasteiger partial charge < -0.3 is 4.98 Å². The fraction of sp³-hybridized carbons (Fsp3) is 0.0769. The summed E-state index contributed by atoms with van der Waals surface area (Å²) >= 11 is 4.20. The van der Waals surface area contributed by atoms with Crippen molar-refractivity contribution in [3.05, 3.63) is 55.5 Å². The number of thiophene rings is 1. The molecule has 0 radical (unpaired) electrons. The molecule has 0 bridgehead atoms. The van der Waals surface area contributed by atoms with Gasteiger partial charge in [0, 0.05) is 23.4 Å². The van der Waals surface area contributed by atoms with E-state index >= 15 is 0 Å². The normalized spacial score (nSPS) is 11.5. The largest absolute Gasteiger partial charge is 0.301 e. The lowest BCUT2D eigenvalue weighted by atomic mass is 10.4. The first-order chi connectivity index (χ1) is 10.7. The Morgan fingerprint density at radius 2 is 2.14 bits per heavy atom. The predicted octanol–water partition coefficient (Wildman–Crippen LogP) is 2.35. The smallest absolute Gasteiger partial charge is 0.260 e. The van der Waals surface area contributed by atoms with E-state index in [9.17, 15) is 9.59 Å². The molecule has 0 aliphatic carbocycles. The lowest BCUT2D eigenvalue weighted by Gasteiger charge is -2.01. The van der Waals surface area contributed by atoms with E-state index < -0.39 is 0 Å². The summed E-state index contributed by atoms with van der Waals surface area (Å²) in [6.45, 7) is 0. The summed E-state index contributed by atoms with van der Waals surface area (Å²) in [7, 11) is 0. The third kappa shape index (κ3) is 2.36. The highest BCUT2D eigenvalue weighted by Gasteiger charge is 2.08. The van der Waals surface area contributed by atoms with E-state index in [1.807, 2.05) is 10.8 Å². The number of nitrogens with zero attached hydrogens (tertiary/aromatic N) is 3. The summed E-state index contributed by atoms with van der Waals surface area (Å²) < 4.78 is 1.51. The summed E-state index contributed by atoms with van der Waals surface area (Å²) in [4.78, 5) is 36.8. The third-order valence-corrected chi connectivity index (χ3v) is 5.50. The Bertz CT molecular complexity index is 1000. The zero-order chi connectivity index (χ0) is 15.1. The minimum absolute atomic E-state index is 0.1000. The number of rotatable bonds is 3. The van der Waals surface area contributed by atoms with Crippen molar-refractivity contribution in [2.75, 3.05) is 0 Å². The molecule has 4 aromatic rings. The number of thioether (sulfide) groups is 1. The zero-order valence-corrected chi connectivity index (χ0v) is 13.4. The molecule has 0 saturated carbocycles. The maximum absolute atomic E-state index is 11.9. The van der Waals surface area contributed by atoms with E-state index in [-0.39, 0.29) is 11.1 Å². The van der Waals surface area contributed by atoms with Crippen LogP contribution in [0, 0.1) is 0 Å². The van der Waals surface area contributed by atoms with Crippen LogP contribution in [0.2, 0.25) is 0 Å². The van der Waals surface area contributed by atoms with E-state index in [1.54, 1.807) is 12.3 Å². The van der Waals surface area contributed by atoms with E-state index in [0.717, 1.165) is 0 Å². The number of nitrogens with one attached hydrogen (secondary N) is 1. The van der Waals surface area contributed by atoms with E-state index in [2.05, 4.69) is 15.0 Å². The van der Waals surface area contributed by atoms with Crippen molar-refractivity contribution in [3.63, 3.8) is 0 Å². The fourth-order valence-corrected chi connectivity index (χ4v) is 4.33. The first-order valence-electron chi connectivity index (χ1n) is 6.27. The van der Waals surface area contributed by atoms with Gasteiger partial charge in [-0.05, 0) is 11.4 Å². The van der Waals surface area contributed by atoms with Crippen LogP contribution >= 0.6 is 34.4 Å². The van der Waals surface area contributed by atoms with Crippen LogP contribution in [0.15, 0.2) is 43.8 Å². The van der Waals surface area contributed by atoms with Crippen molar-refractivity contribution in [2.24, 2.45) is 0 Å². The minimum atomic E-state index is -0.143. The van der Waals surface area contributed by atoms with Gasteiger partial charge in [-0.1, -0.05) is 11.8 Å². The third-order valence-electron chi connectivity index (χ3n) is 3.03. The lowest BCUT2D eigenvalue weighted by molar-refractivity contribution is 0.975. The number of aromatic nitrogens is 4. The van der Waals surface area contributed by atoms with Crippen molar-refractivity contribution in [1.82, 2.24) is 19.4 Å². The van der Waals surface area contributed by atoms with Crippen molar-refractivity contribution in [1.29, 1.82) is 0 Å². The van der Waals surface area contributed by atoms with Gasteiger partial charge in [-0.3, -0.25) is 14.0 Å². The summed E-state index contributed by atoms with van der Waals surface area (Å²) in [6, 6.07) is 3.27. The van der Waals surface area contributed by atoms with Crippen LogP contribution < -0.4 is 11.1 Å². The molecule has 9 heteroatoms. The van der Waals surface area contributed by atoms with Crippen LogP contribution in [0.1, 0.15) is 5.69 Å². The Morgan fingerprint density at radius 3 is 3.05 bits per heavy atom. The highest BCUT2D eigenvalue weighted by Crippen LogP contribution is 2.21. The molecule has 0 unspecified atom stereocenters. The molecule has 110 valence electrons. The maximum Gasteiger partial charge on any atom is 0.260 e. The van der Waals surface area contributed by atoms with Crippen LogP contribution in [-0.4, -0.2) is 19.4 Å². The quantitative estimate of drug-likeness (QED) is 0.454. The summed E-state index contributed by atoms with van der Waals surface area (Å²) in [6.07, 6.45) is 1.70. The number of fused-ring (bicyclic) bond motifs is 2. The Morgan fingerprint density at radius 1 is 1.23 bits per heavy atom. The van der Waals surface area contributed by atoms with Crippen molar-refractivity contribution >= 4 is 49.6 Å². The van der Waals surface area contributed by atoms with Gasteiger partial charge >= 0.3 is 0 Å². The number of aromatic amines is 1. The van der Waals surface area contributed by atoms with Gasteiger partial charge in [-0.25, -0.2) is 9.97 Å². The molecular weight excluding hydrogens is 340 g/mol. The number of H-pyrrole nitrogens is 1. The molecule has 0 atom stereocenters. The molecule has 4 rings (SSSR count). The van der Waals surface area contributed by atoms with Gasteiger partial charge in [-0.15, -0.1) is 22.7 Å². The Hall–Kier alpha value is -1.97. The number of hydrogen-bond acceptors (Lipinski definition) is 7. The topological polar surface area (TPSA) is 80.1 Å². The first-order valence-corrected chi connectivity index (χ1v) is 9.01. The average molecular weight is 348 g/mol. The number of thiazole rings is 1. The minimum Gasteiger partial charge on any atom is -0.301 e. The van der Waals surface area contributed by atoms with Gasteiger partial charge in [-0.2, -0.15) is 0 Å². The van der Waals surface area contributed by atoms with Gasteiger partial charge in [0.05, 0.1) is 11.1 Å². The standard InChI is InChI=1S/C13H8N4O2S3/c18-9-5-7(14-13-17(9)2-4-21-13)6-22-12-15-10(19)8-1-3-20-11(8)16-12/h1-5H,6H2,(H,15,16,19). The Labute approximate surface area is 135 Å². The summed E-state index contributed by atoms with van der Waals surface area (Å²) in [5.74, 6) is 0.476. The predicted molar refractivity (Wildman–Crippen MR) is 89.1 cm³/mol. The second-order valence-corrected chi connectivity index (χ2v) is 7.17. The molecule has 0 spiro atoms. The van der Waals surface area contributed by atoms with E-state index in [1.165, 1.54) is 44.9 Å². The van der Waals surface area contributed by atoms with Crippen molar-refractivity contribution < 1.29 is 0 Å². The molecule has 0 saturated heterocycles. The highest BCUT2D eigenvalue weighted by atomic mass is 32.2. The van der Waals surface area contributed by atoms with Gasteiger partial charge in [0.25, 0.3) is 11.1 Å². The van der Waals surface area contributed by atoms with Crippen LogP contribution in [0.4, 0.5) is 0 Å². The average Bonchev–Trinajstić information content (AvgIpc) is 3.13. The first kappa shape index (κ1) is 13.7. The zero-order valence-electron chi connectivity index (χ0n) is 11.0. The molecule has 0 aliphatic rings. The van der Waals surface area contributed by atoms with Gasteiger partial charge in [0.15, 0.2) is 10.1 Å². The second kappa shape index (κ2) is 5.34.